The molecule has 94 valence electrons. The Bertz CT molecular complexity index is 398. The number of ether oxygens (including phenoxy) is 1. The van der Waals surface area contributed by atoms with Crippen molar-refractivity contribution in [1.82, 2.24) is 0 Å². The second-order valence-corrected chi connectivity index (χ2v) is 4.81. The van der Waals surface area contributed by atoms with Crippen LogP contribution in [0.1, 0.15) is 12.5 Å². The summed E-state index contributed by atoms with van der Waals surface area (Å²) in [5, 5.41) is 0.627. The minimum atomic E-state index is -0.662. The molecule has 0 aromatic heterocycles. The van der Waals surface area contributed by atoms with Crippen molar-refractivity contribution in [2.45, 2.75) is 24.3 Å². The SMILES string of the molecule is CCOC(=O)C(N)Cc1cc(SC)ccc1Cl. The minimum Gasteiger partial charge on any atom is -0.465 e. The summed E-state index contributed by atoms with van der Waals surface area (Å²) in [5.74, 6) is -0.391. The van der Waals surface area contributed by atoms with Crippen LogP contribution < -0.4 is 5.73 Å². The molecule has 0 amide bonds. The molecule has 0 heterocycles. The normalized spacial score (nSPS) is 12.2. The van der Waals surface area contributed by atoms with Crippen LogP contribution in [-0.2, 0) is 16.0 Å². The lowest BCUT2D eigenvalue weighted by Crippen LogP contribution is -2.34. The Morgan fingerprint density at radius 2 is 2.29 bits per heavy atom. The van der Waals surface area contributed by atoms with Crippen LogP contribution in [-0.4, -0.2) is 24.9 Å². The number of carbonyl (C=O) groups excluding carboxylic acids is 1. The highest BCUT2D eigenvalue weighted by Crippen LogP contribution is 2.23. The molecule has 0 spiro atoms. The van der Waals surface area contributed by atoms with Crippen molar-refractivity contribution in [3.63, 3.8) is 0 Å². The molecule has 0 saturated heterocycles. The molecule has 2 N–H and O–H groups in total. The lowest BCUT2D eigenvalue weighted by Gasteiger charge is -2.12. The molecule has 0 aliphatic rings. The number of thioether (sulfide) groups is 1. The van der Waals surface area contributed by atoms with Crippen molar-refractivity contribution in [3.05, 3.63) is 28.8 Å². The van der Waals surface area contributed by atoms with Crippen LogP contribution >= 0.6 is 23.4 Å². The van der Waals surface area contributed by atoms with Gasteiger partial charge < -0.3 is 10.5 Å². The quantitative estimate of drug-likeness (QED) is 0.662. The molecule has 1 aromatic rings. The standard InChI is InChI=1S/C12H16ClNO2S/c1-3-16-12(15)11(14)7-8-6-9(17-2)4-5-10(8)13/h4-6,11H,3,7,14H2,1-2H3. The molecule has 1 atom stereocenters. The minimum absolute atomic E-state index is 0.338. The summed E-state index contributed by atoms with van der Waals surface area (Å²) in [4.78, 5) is 12.5. The van der Waals surface area contributed by atoms with Gasteiger partial charge in [0, 0.05) is 9.92 Å². The van der Waals surface area contributed by atoms with E-state index in [4.69, 9.17) is 22.1 Å². The molecule has 0 saturated carbocycles. The molecule has 0 radical (unpaired) electrons. The summed E-state index contributed by atoms with van der Waals surface area (Å²) in [5.41, 5.74) is 6.63. The fourth-order valence-corrected chi connectivity index (χ4v) is 2.06. The molecule has 0 bridgehead atoms. The van der Waals surface area contributed by atoms with E-state index in [1.165, 1.54) is 0 Å². The molecule has 5 heteroatoms. The van der Waals surface area contributed by atoms with Gasteiger partial charge in [0.05, 0.1) is 6.61 Å². The third-order valence-electron chi connectivity index (χ3n) is 2.28. The lowest BCUT2D eigenvalue weighted by atomic mass is 10.1. The van der Waals surface area contributed by atoms with Gasteiger partial charge in [-0.25, -0.2) is 0 Å². The van der Waals surface area contributed by atoms with Crippen LogP contribution in [0.3, 0.4) is 0 Å². The van der Waals surface area contributed by atoms with Gasteiger partial charge in [0.25, 0.3) is 0 Å². The Hall–Kier alpha value is -0.710. The Morgan fingerprint density at radius 1 is 1.59 bits per heavy atom. The summed E-state index contributed by atoms with van der Waals surface area (Å²) >= 11 is 7.68. The van der Waals surface area contributed by atoms with Gasteiger partial charge in [-0.05, 0) is 43.4 Å². The molecule has 1 aromatic carbocycles. The third-order valence-corrected chi connectivity index (χ3v) is 3.38. The van der Waals surface area contributed by atoms with Crippen LogP contribution in [0.25, 0.3) is 0 Å². The number of carbonyl (C=O) groups is 1. The van der Waals surface area contributed by atoms with E-state index in [0.29, 0.717) is 18.1 Å². The molecule has 0 aliphatic carbocycles. The molecule has 1 rings (SSSR count). The van der Waals surface area contributed by atoms with Crippen molar-refractivity contribution in [2.24, 2.45) is 5.73 Å². The number of hydrogen-bond acceptors (Lipinski definition) is 4. The van der Waals surface area contributed by atoms with Gasteiger partial charge in [0.2, 0.25) is 0 Å². The monoisotopic (exact) mass is 273 g/mol. The lowest BCUT2D eigenvalue weighted by molar-refractivity contribution is -0.144. The Kier molecular flexibility index (Phi) is 5.82. The van der Waals surface area contributed by atoms with Crippen LogP contribution in [0, 0.1) is 0 Å². The van der Waals surface area contributed by atoms with Gasteiger partial charge in [-0.2, -0.15) is 0 Å². The Balaban J connectivity index is 2.76. The zero-order valence-electron chi connectivity index (χ0n) is 9.90. The predicted molar refractivity (Wildman–Crippen MR) is 71.5 cm³/mol. The highest BCUT2D eigenvalue weighted by molar-refractivity contribution is 7.98. The molecule has 0 aliphatic heterocycles. The average molecular weight is 274 g/mol. The molecular weight excluding hydrogens is 258 g/mol. The number of halogens is 1. The molecule has 3 nitrogen and oxygen atoms in total. The van der Waals surface area contributed by atoms with E-state index in [0.717, 1.165) is 10.5 Å². The number of esters is 1. The molecule has 17 heavy (non-hydrogen) atoms. The van der Waals surface area contributed by atoms with E-state index < -0.39 is 12.0 Å². The van der Waals surface area contributed by atoms with Crippen molar-refractivity contribution >= 4 is 29.3 Å². The zero-order chi connectivity index (χ0) is 12.8. The van der Waals surface area contributed by atoms with Crippen LogP contribution in [0.5, 0.6) is 0 Å². The van der Waals surface area contributed by atoms with Crippen molar-refractivity contribution < 1.29 is 9.53 Å². The van der Waals surface area contributed by atoms with E-state index in [2.05, 4.69) is 0 Å². The summed E-state index contributed by atoms with van der Waals surface area (Å²) in [6.45, 7) is 2.09. The van der Waals surface area contributed by atoms with Crippen molar-refractivity contribution in [2.75, 3.05) is 12.9 Å². The summed E-state index contributed by atoms with van der Waals surface area (Å²) in [6.07, 6.45) is 2.38. The topological polar surface area (TPSA) is 52.3 Å². The molecular formula is C12H16ClNO2S. The fraction of sp³-hybridized carbons (Fsp3) is 0.417. The summed E-state index contributed by atoms with van der Waals surface area (Å²) < 4.78 is 4.86. The van der Waals surface area contributed by atoms with Gasteiger partial charge >= 0.3 is 5.97 Å². The highest BCUT2D eigenvalue weighted by atomic mass is 35.5. The van der Waals surface area contributed by atoms with Gasteiger partial charge in [0.1, 0.15) is 6.04 Å². The Morgan fingerprint density at radius 3 is 2.88 bits per heavy atom. The van der Waals surface area contributed by atoms with Crippen molar-refractivity contribution in [3.8, 4) is 0 Å². The smallest absolute Gasteiger partial charge is 0.323 e. The van der Waals surface area contributed by atoms with E-state index in [1.54, 1.807) is 18.7 Å². The first-order valence-corrected chi connectivity index (χ1v) is 6.93. The van der Waals surface area contributed by atoms with Crippen LogP contribution in [0.15, 0.2) is 23.1 Å². The number of rotatable bonds is 5. The highest BCUT2D eigenvalue weighted by Gasteiger charge is 2.16. The summed E-state index contributed by atoms with van der Waals surface area (Å²) in [6, 6.07) is 5.04. The van der Waals surface area contributed by atoms with Crippen molar-refractivity contribution in [1.29, 1.82) is 0 Å². The molecule has 1 unspecified atom stereocenters. The first kappa shape index (κ1) is 14.4. The fourth-order valence-electron chi connectivity index (χ4n) is 1.40. The maximum Gasteiger partial charge on any atom is 0.323 e. The second-order valence-electron chi connectivity index (χ2n) is 3.52. The van der Waals surface area contributed by atoms with E-state index in [9.17, 15) is 4.79 Å². The van der Waals surface area contributed by atoms with Crippen LogP contribution in [0.2, 0.25) is 5.02 Å². The number of benzene rings is 1. The van der Waals surface area contributed by atoms with Gasteiger partial charge in [0.15, 0.2) is 0 Å². The molecule has 0 fully saturated rings. The van der Waals surface area contributed by atoms with Gasteiger partial charge in [-0.1, -0.05) is 11.6 Å². The van der Waals surface area contributed by atoms with E-state index in [1.807, 2.05) is 24.5 Å². The Labute approximate surface area is 111 Å². The maximum atomic E-state index is 11.4. The largest absolute Gasteiger partial charge is 0.465 e. The summed E-state index contributed by atoms with van der Waals surface area (Å²) in [7, 11) is 0. The maximum absolute atomic E-state index is 11.4. The van der Waals surface area contributed by atoms with Gasteiger partial charge in [-0.3, -0.25) is 4.79 Å². The van der Waals surface area contributed by atoms with Crippen LogP contribution in [0.4, 0.5) is 0 Å². The van der Waals surface area contributed by atoms with E-state index in [-0.39, 0.29) is 0 Å². The average Bonchev–Trinajstić information content (AvgIpc) is 2.32. The second kappa shape index (κ2) is 6.89. The predicted octanol–water partition coefficient (Wildman–Crippen LogP) is 2.49. The number of hydrogen-bond donors (Lipinski definition) is 1. The third kappa shape index (κ3) is 4.22. The first-order valence-electron chi connectivity index (χ1n) is 5.33. The number of nitrogens with two attached hydrogens (primary N) is 1. The zero-order valence-corrected chi connectivity index (χ0v) is 11.5. The van der Waals surface area contributed by atoms with E-state index >= 15 is 0 Å². The van der Waals surface area contributed by atoms with Gasteiger partial charge in [-0.15, -0.1) is 11.8 Å². The first-order chi connectivity index (χ1) is 8.08.